The van der Waals surface area contributed by atoms with E-state index in [1.807, 2.05) is 0 Å². The standard InChI is InChI=1S/C16H22F2N2O3/c17-15(18)23-14-6-4-12(5-7-14)11-19-16(22)20-9-2-1-3-13(20)8-10-21/h4-7,13,15,21H,1-3,8-11H2,(H,19,22)/t13-/m1/s1. The van der Waals surface area contributed by atoms with E-state index in [1.54, 1.807) is 17.0 Å². The Bertz CT molecular complexity index is 495. The summed E-state index contributed by atoms with van der Waals surface area (Å²) in [7, 11) is 0. The molecule has 0 saturated carbocycles. The average Bonchev–Trinajstić information content (AvgIpc) is 2.54. The first-order chi connectivity index (χ1) is 11.1. The van der Waals surface area contributed by atoms with Gasteiger partial charge < -0.3 is 20.1 Å². The number of carbonyl (C=O) groups is 1. The number of nitrogens with zero attached hydrogens (tertiary/aromatic N) is 1. The number of hydrogen-bond acceptors (Lipinski definition) is 3. The van der Waals surface area contributed by atoms with Gasteiger partial charge in [-0.15, -0.1) is 0 Å². The Labute approximate surface area is 134 Å². The number of aliphatic hydroxyl groups excluding tert-OH is 1. The van der Waals surface area contributed by atoms with E-state index < -0.39 is 6.61 Å². The molecule has 7 heteroatoms. The highest BCUT2D eigenvalue weighted by atomic mass is 19.3. The SMILES string of the molecule is O=C(NCc1ccc(OC(F)F)cc1)N1CCCC[C@@H]1CCO. The Morgan fingerprint density at radius 3 is 2.74 bits per heavy atom. The van der Waals surface area contributed by atoms with Gasteiger partial charge in [-0.1, -0.05) is 12.1 Å². The fourth-order valence-electron chi connectivity index (χ4n) is 2.79. The summed E-state index contributed by atoms with van der Waals surface area (Å²) in [6, 6.07) is 6.09. The maximum Gasteiger partial charge on any atom is 0.387 e. The van der Waals surface area contributed by atoms with Crippen molar-refractivity contribution in [3.63, 3.8) is 0 Å². The Morgan fingerprint density at radius 1 is 1.35 bits per heavy atom. The average molecular weight is 328 g/mol. The summed E-state index contributed by atoms with van der Waals surface area (Å²) in [5.74, 6) is 0.0918. The molecule has 0 bridgehead atoms. The number of amides is 2. The van der Waals surface area contributed by atoms with Crippen LogP contribution in [0.5, 0.6) is 5.75 Å². The van der Waals surface area contributed by atoms with Crippen molar-refractivity contribution in [1.82, 2.24) is 10.2 Å². The molecule has 2 rings (SSSR count). The molecule has 0 aromatic heterocycles. The smallest absolute Gasteiger partial charge is 0.387 e. The fraction of sp³-hybridized carbons (Fsp3) is 0.562. The first-order valence-corrected chi connectivity index (χ1v) is 7.79. The van der Waals surface area contributed by atoms with Gasteiger partial charge in [0.2, 0.25) is 0 Å². The van der Waals surface area contributed by atoms with Crippen LogP contribution < -0.4 is 10.1 Å². The Morgan fingerprint density at radius 2 is 2.09 bits per heavy atom. The van der Waals surface area contributed by atoms with Crippen LogP contribution in [0.15, 0.2) is 24.3 Å². The molecule has 0 spiro atoms. The minimum absolute atomic E-state index is 0.0695. The Balaban J connectivity index is 1.85. The highest BCUT2D eigenvalue weighted by Gasteiger charge is 2.25. The molecular weight excluding hydrogens is 306 g/mol. The molecule has 1 atom stereocenters. The molecule has 1 aliphatic heterocycles. The van der Waals surface area contributed by atoms with Gasteiger partial charge in [-0.3, -0.25) is 0 Å². The molecule has 1 aromatic rings. The normalized spacial score (nSPS) is 18.1. The number of halogens is 2. The lowest BCUT2D eigenvalue weighted by atomic mass is 10.0. The van der Waals surface area contributed by atoms with Gasteiger partial charge in [-0.25, -0.2) is 4.79 Å². The lowest BCUT2D eigenvalue weighted by molar-refractivity contribution is -0.0498. The summed E-state index contributed by atoms with van der Waals surface area (Å²) in [6.07, 6.45) is 3.54. The van der Waals surface area contributed by atoms with Crippen LogP contribution in [0.1, 0.15) is 31.2 Å². The van der Waals surface area contributed by atoms with Crippen LogP contribution in [0.4, 0.5) is 13.6 Å². The van der Waals surface area contributed by atoms with Crippen molar-refractivity contribution in [2.45, 2.75) is 44.9 Å². The van der Waals surface area contributed by atoms with E-state index in [-0.39, 0.29) is 24.4 Å². The summed E-state index contributed by atoms with van der Waals surface area (Å²) in [5.41, 5.74) is 0.802. The molecule has 1 aliphatic rings. The summed E-state index contributed by atoms with van der Waals surface area (Å²) >= 11 is 0. The largest absolute Gasteiger partial charge is 0.435 e. The monoisotopic (exact) mass is 328 g/mol. The fourth-order valence-corrected chi connectivity index (χ4v) is 2.79. The van der Waals surface area contributed by atoms with Gasteiger partial charge in [0.15, 0.2) is 0 Å². The molecule has 1 fully saturated rings. The number of nitrogens with one attached hydrogen (secondary N) is 1. The van der Waals surface area contributed by atoms with Crippen molar-refractivity contribution in [3.05, 3.63) is 29.8 Å². The number of hydrogen-bond donors (Lipinski definition) is 2. The van der Waals surface area contributed by atoms with E-state index in [0.29, 0.717) is 19.5 Å². The number of piperidine rings is 1. The van der Waals surface area contributed by atoms with Gasteiger partial charge in [0.1, 0.15) is 5.75 Å². The van der Waals surface area contributed by atoms with Crippen molar-refractivity contribution >= 4 is 6.03 Å². The summed E-state index contributed by atoms with van der Waals surface area (Å²) in [6.45, 7) is -1.77. The Hall–Kier alpha value is -1.89. The number of ether oxygens (including phenoxy) is 1. The number of urea groups is 1. The van der Waals surface area contributed by atoms with Gasteiger partial charge in [0, 0.05) is 25.7 Å². The third kappa shape index (κ3) is 5.35. The summed E-state index contributed by atoms with van der Waals surface area (Å²) in [5, 5.41) is 11.9. The molecule has 2 N–H and O–H groups in total. The van der Waals surface area contributed by atoms with E-state index in [9.17, 15) is 13.6 Å². The van der Waals surface area contributed by atoms with Gasteiger partial charge in [-0.2, -0.15) is 8.78 Å². The molecule has 5 nitrogen and oxygen atoms in total. The summed E-state index contributed by atoms with van der Waals surface area (Å²) in [4.78, 5) is 14.1. The molecule has 1 saturated heterocycles. The minimum atomic E-state index is -2.84. The van der Waals surface area contributed by atoms with E-state index in [4.69, 9.17) is 5.11 Å². The molecule has 1 aromatic carbocycles. The highest BCUT2D eigenvalue weighted by Crippen LogP contribution is 2.20. The lowest BCUT2D eigenvalue weighted by Gasteiger charge is -2.35. The minimum Gasteiger partial charge on any atom is -0.435 e. The van der Waals surface area contributed by atoms with Crippen LogP contribution in [0, 0.1) is 0 Å². The zero-order valence-electron chi connectivity index (χ0n) is 12.9. The van der Waals surface area contributed by atoms with E-state index in [0.717, 1.165) is 24.8 Å². The second kappa shape index (κ2) is 8.67. The van der Waals surface area contributed by atoms with Gasteiger partial charge >= 0.3 is 12.6 Å². The summed E-state index contributed by atoms with van der Waals surface area (Å²) < 4.78 is 28.4. The van der Waals surface area contributed by atoms with E-state index in [2.05, 4.69) is 10.1 Å². The number of benzene rings is 1. The second-order valence-corrected chi connectivity index (χ2v) is 5.54. The number of carbonyl (C=O) groups excluding carboxylic acids is 1. The molecule has 0 unspecified atom stereocenters. The van der Waals surface area contributed by atoms with Gasteiger partial charge in [0.25, 0.3) is 0 Å². The number of rotatable bonds is 6. The van der Waals surface area contributed by atoms with Crippen molar-refractivity contribution in [2.24, 2.45) is 0 Å². The molecule has 0 radical (unpaired) electrons. The predicted octanol–water partition coefficient (Wildman–Crippen LogP) is 2.73. The van der Waals surface area contributed by atoms with Gasteiger partial charge in [-0.05, 0) is 43.4 Å². The molecule has 0 aliphatic carbocycles. The van der Waals surface area contributed by atoms with E-state index in [1.165, 1.54) is 12.1 Å². The first-order valence-electron chi connectivity index (χ1n) is 7.79. The molecule has 23 heavy (non-hydrogen) atoms. The molecule has 1 heterocycles. The van der Waals surface area contributed by atoms with Crippen LogP contribution in [0.25, 0.3) is 0 Å². The van der Waals surface area contributed by atoms with Crippen LogP contribution in [0.3, 0.4) is 0 Å². The number of alkyl halides is 2. The zero-order valence-corrected chi connectivity index (χ0v) is 12.9. The van der Waals surface area contributed by atoms with Crippen molar-refractivity contribution in [1.29, 1.82) is 0 Å². The van der Waals surface area contributed by atoms with Crippen LogP contribution in [-0.4, -0.2) is 41.8 Å². The van der Waals surface area contributed by atoms with Crippen LogP contribution in [-0.2, 0) is 6.54 Å². The third-order valence-corrected chi connectivity index (χ3v) is 3.94. The van der Waals surface area contributed by atoms with E-state index >= 15 is 0 Å². The lowest BCUT2D eigenvalue weighted by Crippen LogP contribution is -2.48. The van der Waals surface area contributed by atoms with Gasteiger partial charge in [0.05, 0.1) is 0 Å². The maximum atomic E-state index is 12.3. The first kappa shape index (κ1) is 17.5. The second-order valence-electron chi connectivity index (χ2n) is 5.54. The maximum absolute atomic E-state index is 12.3. The predicted molar refractivity (Wildman–Crippen MR) is 81.4 cm³/mol. The van der Waals surface area contributed by atoms with Crippen LogP contribution >= 0.6 is 0 Å². The number of aliphatic hydroxyl groups is 1. The van der Waals surface area contributed by atoms with Crippen molar-refractivity contribution in [3.8, 4) is 5.75 Å². The molecule has 128 valence electrons. The molecule has 2 amide bonds. The molecular formula is C16H22F2N2O3. The third-order valence-electron chi connectivity index (χ3n) is 3.94. The quantitative estimate of drug-likeness (QED) is 0.844. The van der Waals surface area contributed by atoms with Crippen molar-refractivity contribution < 1.29 is 23.4 Å². The van der Waals surface area contributed by atoms with Crippen molar-refractivity contribution in [2.75, 3.05) is 13.2 Å². The Kier molecular flexibility index (Phi) is 6.58. The topological polar surface area (TPSA) is 61.8 Å². The van der Waals surface area contributed by atoms with Crippen LogP contribution in [0.2, 0.25) is 0 Å². The highest BCUT2D eigenvalue weighted by molar-refractivity contribution is 5.74. The number of likely N-dealkylation sites (tertiary alicyclic amines) is 1. The zero-order chi connectivity index (χ0) is 16.7.